The number of nitrogens with zero attached hydrogens (tertiary/aromatic N) is 1. The fourth-order valence-electron chi connectivity index (χ4n) is 3.53. The molecule has 1 atom stereocenters. The number of hydrogen-bond acceptors (Lipinski definition) is 2. The first-order valence-corrected chi connectivity index (χ1v) is 10.4. The van der Waals surface area contributed by atoms with E-state index in [1.165, 1.54) is 5.01 Å². The van der Waals surface area contributed by atoms with E-state index in [9.17, 15) is 9.59 Å². The van der Waals surface area contributed by atoms with Crippen LogP contribution in [0.4, 0.5) is 0 Å². The maximum atomic E-state index is 13.5. The predicted octanol–water partition coefficient (Wildman–Crippen LogP) is 5.96. The Kier molecular flexibility index (Phi) is 7.48. The molecule has 156 valence electrons. The SMILES string of the molecule is CCC[C@@H](N(NC(=O)c1cccc(Cl)c1)C(=O)c1cc(C)cc(C)c1)C(C)(C)C. The molecule has 2 aromatic rings. The Hall–Kier alpha value is -2.33. The van der Waals surface area contributed by atoms with Crippen LogP contribution in [0.5, 0.6) is 0 Å². The lowest BCUT2D eigenvalue weighted by molar-refractivity contribution is 0.0271. The van der Waals surface area contributed by atoms with Crippen LogP contribution in [-0.2, 0) is 0 Å². The second kappa shape index (κ2) is 9.45. The number of nitrogens with one attached hydrogen (secondary N) is 1. The van der Waals surface area contributed by atoms with Gasteiger partial charge in [-0.05, 0) is 56.0 Å². The molecule has 0 aliphatic carbocycles. The highest BCUT2D eigenvalue weighted by molar-refractivity contribution is 6.31. The van der Waals surface area contributed by atoms with Crippen LogP contribution in [0.1, 0.15) is 72.4 Å². The molecule has 0 aromatic heterocycles. The van der Waals surface area contributed by atoms with Gasteiger partial charge in [0, 0.05) is 16.1 Å². The normalized spacial score (nSPS) is 12.4. The maximum absolute atomic E-state index is 13.5. The van der Waals surface area contributed by atoms with E-state index in [2.05, 4.69) is 33.1 Å². The van der Waals surface area contributed by atoms with Gasteiger partial charge in [-0.2, -0.15) is 0 Å². The summed E-state index contributed by atoms with van der Waals surface area (Å²) in [5, 5.41) is 1.99. The molecule has 0 bridgehead atoms. The zero-order valence-electron chi connectivity index (χ0n) is 18.2. The van der Waals surface area contributed by atoms with Crippen LogP contribution in [0.25, 0.3) is 0 Å². The molecular weight excluding hydrogens is 384 g/mol. The number of benzene rings is 2. The number of amides is 2. The minimum Gasteiger partial charge on any atom is -0.267 e. The summed E-state index contributed by atoms with van der Waals surface area (Å²) in [5.41, 5.74) is 5.67. The summed E-state index contributed by atoms with van der Waals surface area (Å²) in [6.07, 6.45) is 1.67. The van der Waals surface area contributed by atoms with Crippen molar-refractivity contribution in [1.29, 1.82) is 0 Å². The molecule has 2 rings (SSSR count). The molecule has 2 amide bonds. The Morgan fingerprint density at radius 3 is 2.17 bits per heavy atom. The van der Waals surface area contributed by atoms with Gasteiger partial charge in [0.2, 0.25) is 0 Å². The number of hydrazine groups is 1. The van der Waals surface area contributed by atoms with Gasteiger partial charge >= 0.3 is 0 Å². The number of carbonyl (C=O) groups is 2. The largest absolute Gasteiger partial charge is 0.272 e. The van der Waals surface area contributed by atoms with Gasteiger partial charge < -0.3 is 0 Å². The fourth-order valence-corrected chi connectivity index (χ4v) is 3.72. The van der Waals surface area contributed by atoms with E-state index in [-0.39, 0.29) is 23.3 Å². The van der Waals surface area contributed by atoms with Crippen molar-refractivity contribution in [3.05, 3.63) is 69.7 Å². The Bertz CT molecular complexity index is 866. The molecule has 0 spiro atoms. The summed E-state index contributed by atoms with van der Waals surface area (Å²) in [6.45, 7) is 12.3. The second-order valence-corrected chi connectivity index (χ2v) is 9.11. The lowest BCUT2D eigenvalue weighted by atomic mass is 9.83. The molecule has 0 aliphatic heterocycles. The van der Waals surface area contributed by atoms with E-state index in [4.69, 9.17) is 11.6 Å². The average molecular weight is 415 g/mol. The second-order valence-electron chi connectivity index (χ2n) is 8.67. The average Bonchev–Trinajstić information content (AvgIpc) is 2.62. The first-order chi connectivity index (χ1) is 13.5. The molecule has 0 fully saturated rings. The van der Waals surface area contributed by atoms with E-state index in [1.54, 1.807) is 24.3 Å². The summed E-state index contributed by atoms with van der Waals surface area (Å²) in [6, 6.07) is 12.3. The summed E-state index contributed by atoms with van der Waals surface area (Å²) in [7, 11) is 0. The van der Waals surface area contributed by atoms with Crippen LogP contribution in [0.15, 0.2) is 42.5 Å². The van der Waals surface area contributed by atoms with Crippen molar-refractivity contribution in [3.8, 4) is 0 Å². The summed E-state index contributed by atoms with van der Waals surface area (Å²) >= 11 is 6.04. The third kappa shape index (κ3) is 6.07. The Morgan fingerprint density at radius 2 is 1.66 bits per heavy atom. The lowest BCUT2D eigenvalue weighted by Gasteiger charge is -2.40. The summed E-state index contributed by atoms with van der Waals surface area (Å²) < 4.78 is 0. The van der Waals surface area contributed by atoms with Crippen LogP contribution in [0.2, 0.25) is 5.02 Å². The Balaban J connectivity index is 2.46. The van der Waals surface area contributed by atoms with E-state index >= 15 is 0 Å². The van der Waals surface area contributed by atoms with Crippen molar-refractivity contribution >= 4 is 23.4 Å². The highest BCUT2D eigenvalue weighted by Gasteiger charge is 2.35. The summed E-state index contributed by atoms with van der Waals surface area (Å²) in [4.78, 5) is 26.5. The Morgan fingerprint density at radius 1 is 1.03 bits per heavy atom. The molecule has 1 N–H and O–H groups in total. The van der Waals surface area contributed by atoms with Crippen LogP contribution < -0.4 is 5.43 Å². The molecule has 5 heteroatoms. The number of halogens is 1. The highest BCUT2D eigenvalue weighted by Crippen LogP contribution is 2.29. The van der Waals surface area contributed by atoms with Gasteiger partial charge in [-0.3, -0.25) is 15.0 Å². The summed E-state index contributed by atoms with van der Waals surface area (Å²) in [5.74, 6) is -0.559. The van der Waals surface area contributed by atoms with Crippen LogP contribution in [0, 0.1) is 19.3 Å². The topological polar surface area (TPSA) is 49.4 Å². The van der Waals surface area contributed by atoms with E-state index in [1.807, 2.05) is 32.0 Å². The van der Waals surface area contributed by atoms with Gasteiger partial charge in [-0.15, -0.1) is 0 Å². The fraction of sp³-hybridized carbons (Fsp3) is 0.417. The minimum atomic E-state index is -0.351. The van der Waals surface area contributed by atoms with E-state index < -0.39 is 0 Å². The van der Waals surface area contributed by atoms with Gasteiger partial charge in [-0.25, -0.2) is 5.01 Å². The minimum absolute atomic E-state index is 0.163. The molecule has 0 saturated heterocycles. The molecule has 4 nitrogen and oxygen atoms in total. The molecule has 29 heavy (non-hydrogen) atoms. The molecule has 0 unspecified atom stereocenters. The molecule has 0 heterocycles. The predicted molar refractivity (Wildman–Crippen MR) is 119 cm³/mol. The number of hydrogen-bond donors (Lipinski definition) is 1. The first-order valence-electron chi connectivity index (χ1n) is 10.0. The monoisotopic (exact) mass is 414 g/mol. The van der Waals surface area contributed by atoms with Crippen LogP contribution >= 0.6 is 11.6 Å². The first kappa shape index (κ1) is 23.0. The van der Waals surface area contributed by atoms with E-state index in [0.29, 0.717) is 16.1 Å². The molecule has 0 aliphatic rings. The number of carbonyl (C=O) groups excluding carboxylic acids is 2. The molecule has 2 aromatic carbocycles. The van der Waals surface area contributed by atoms with Gasteiger partial charge in [0.15, 0.2) is 0 Å². The standard InChI is InChI=1S/C24H31ClN2O2/c1-7-9-21(24(4,5)6)27(23(29)19-13-16(2)12-17(3)14-19)26-22(28)18-10-8-11-20(25)15-18/h8,10-15,21H,7,9H2,1-6H3,(H,26,28)/t21-/m1/s1. The Labute approximate surface area is 179 Å². The maximum Gasteiger partial charge on any atom is 0.272 e. The van der Waals surface area contributed by atoms with Gasteiger partial charge in [0.25, 0.3) is 11.8 Å². The van der Waals surface area contributed by atoms with Gasteiger partial charge in [-0.1, -0.05) is 69.0 Å². The lowest BCUT2D eigenvalue weighted by Crippen LogP contribution is -2.56. The number of rotatable bonds is 5. The third-order valence-corrected chi connectivity index (χ3v) is 5.10. The van der Waals surface area contributed by atoms with Crippen molar-refractivity contribution in [1.82, 2.24) is 10.4 Å². The molecule has 0 radical (unpaired) electrons. The van der Waals surface area contributed by atoms with Crippen molar-refractivity contribution in [2.24, 2.45) is 5.41 Å². The van der Waals surface area contributed by atoms with Crippen LogP contribution in [-0.4, -0.2) is 22.9 Å². The van der Waals surface area contributed by atoms with Crippen molar-refractivity contribution < 1.29 is 9.59 Å². The highest BCUT2D eigenvalue weighted by atomic mass is 35.5. The molecular formula is C24H31ClN2O2. The van der Waals surface area contributed by atoms with Crippen molar-refractivity contribution in [3.63, 3.8) is 0 Å². The zero-order valence-corrected chi connectivity index (χ0v) is 18.9. The van der Waals surface area contributed by atoms with Crippen molar-refractivity contribution in [2.75, 3.05) is 0 Å². The van der Waals surface area contributed by atoms with Crippen molar-refractivity contribution in [2.45, 2.75) is 60.4 Å². The number of aryl methyl sites for hydroxylation is 2. The molecule has 0 saturated carbocycles. The van der Waals surface area contributed by atoms with Crippen LogP contribution in [0.3, 0.4) is 0 Å². The van der Waals surface area contributed by atoms with E-state index in [0.717, 1.165) is 24.0 Å². The third-order valence-electron chi connectivity index (χ3n) is 4.87. The quantitative estimate of drug-likeness (QED) is 0.613. The smallest absolute Gasteiger partial charge is 0.267 e. The van der Waals surface area contributed by atoms with Gasteiger partial charge in [0.05, 0.1) is 6.04 Å². The van der Waals surface area contributed by atoms with Gasteiger partial charge in [0.1, 0.15) is 0 Å². The zero-order chi connectivity index (χ0) is 21.8.